The highest BCUT2D eigenvalue weighted by atomic mass is 16.3. The average molecular weight is 377 g/mol. The first-order valence-corrected chi connectivity index (χ1v) is 9.46. The Bertz CT molecular complexity index is 897. The number of carbonyl (C=O) groups excluding carboxylic acids is 1. The molecule has 0 aliphatic carbocycles. The van der Waals surface area contributed by atoms with Crippen LogP contribution in [0.1, 0.15) is 54.4 Å². The Morgan fingerprint density at radius 2 is 1.68 bits per heavy atom. The van der Waals surface area contributed by atoms with Gasteiger partial charge in [-0.2, -0.15) is 0 Å². The van der Waals surface area contributed by atoms with Crippen molar-refractivity contribution in [3.8, 4) is 0 Å². The van der Waals surface area contributed by atoms with Crippen LogP contribution in [0.3, 0.4) is 0 Å². The highest BCUT2D eigenvalue weighted by Crippen LogP contribution is 2.34. The number of aromatic nitrogens is 2. The SMILES string of the molecule is CC(C)(C)NC(=O)c1ccc(C(O)(CCc2c[nH]cn2)c2ccccc2)cc1. The number of carbonyl (C=O) groups is 1. The molecule has 0 aliphatic heterocycles. The molecule has 1 unspecified atom stereocenters. The smallest absolute Gasteiger partial charge is 0.251 e. The lowest BCUT2D eigenvalue weighted by Crippen LogP contribution is -2.40. The molecular weight excluding hydrogens is 350 g/mol. The summed E-state index contributed by atoms with van der Waals surface area (Å²) in [5.74, 6) is -0.126. The van der Waals surface area contributed by atoms with Gasteiger partial charge in [0.2, 0.25) is 0 Å². The van der Waals surface area contributed by atoms with Gasteiger partial charge in [0.05, 0.1) is 12.0 Å². The first kappa shape index (κ1) is 19.8. The van der Waals surface area contributed by atoms with Gasteiger partial charge in [-0.25, -0.2) is 4.98 Å². The van der Waals surface area contributed by atoms with Crippen molar-refractivity contribution in [3.63, 3.8) is 0 Å². The molecule has 0 spiro atoms. The van der Waals surface area contributed by atoms with Crippen molar-refractivity contribution >= 4 is 5.91 Å². The number of aliphatic hydroxyl groups is 1. The van der Waals surface area contributed by atoms with Crippen LogP contribution in [0.5, 0.6) is 0 Å². The Labute approximate surface area is 165 Å². The van der Waals surface area contributed by atoms with Crippen molar-refractivity contribution in [3.05, 3.63) is 89.5 Å². The van der Waals surface area contributed by atoms with Crippen molar-refractivity contribution in [2.24, 2.45) is 0 Å². The minimum Gasteiger partial charge on any atom is -0.380 e. The van der Waals surface area contributed by atoms with Gasteiger partial charge in [0.15, 0.2) is 0 Å². The third kappa shape index (κ3) is 4.67. The fraction of sp³-hybridized carbons (Fsp3) is 0.304. The molecule has 1 heterocycles. The molecule has 1 aromatic heterocycles. The van der Waals surface area contributed by atoms with Gasteiger partial charge in [0, 0.05) is 17.3 Å². The Kier molecular flexibility index (Phi) is 5.66. The molecule has 3 rings (SSSR count). The molecular formula is C23H27N3O2. The van der Waals surface area contributed by atoms with Gasteiger partial charge in [-0.15, -0.1) is 0 Å². The second-order valence-corrected chi connectivity index (χ2v) is 8.07. The summed E-state index contributed by atoms with van der Waals surface area (Å²) in [6.45, 7) is 5.84. The van der Waals surface area contributed by atoms with Crippen LogP contribution < -0.4 is 5.32 Å². The predicted octanol–water partition coefficient (Wildman–Crippen LogP) is 3.81. The van der Waals surface area contributed by atoms with Crippen LogP contribution in [0.2, 0.25) is 0 Å². The van der Waals surface area contributed by atoms with E-state index in [0.29, 0.717) is 18.4 Å². The number of benzene rings is 2. The maximum Gasteiger partial charge on any atom is 0.251 e. The number of rotatable bonds is 6. The zero-order valence-corrected chi connectivity index (χ0v) is 16.6. The summed E-state index contributed by atoms with van der Waals surface area (Å²) in [6, 6.07) is 16.8. The zero-order valence-electron chi connectivity index (χ0n) is 16.6. The number of aryl methyl sites for hydroxylation is 1. The number of hydrogen-bond acceptors (Lipinski definition) is 3. The summed E-state index contributed by atoms with van der Waals surface area (Å²) < 4.78 is 0. The van der Waals surface area contributed by atoms with E-state index < -0.39 is 5.60 Å². The van der Waals surface area contributed by atoms with Gasteiger partial charge < -0.3 is 15.4 Å². The number of amides is 1. The molecule has 1 atom stereocenters. The minimum absolute atomic E-state index is 0.126. The van der Waals surface area contributed by atoms with E-state index in [9.17, 15) is 9.90 Å². The Morgan fingerprint density at radius 3 is 2.25 bits per heavy atom. The molecule has 0 radical (unpaired) electrons. The molecule has 0 bridgehead atoms. The maximum absolute atomic E-state index is 12.4. The number of imidazole rings is 1. The van der Waals surface area contributed by atoms with Crippen molar-refractivity contribution in [1.82, 2.24) is 15.3 Å². The van der Waals surface area contributed by atoms with Crippen LogP contribution in [0, 0.1) is 0 Å². The molecule has 3 N–H and O–H groups in total. The number of aromatic amines is 1. The molecule has 146 valence electrons. The van der Waals surface area contributed by atoms with Crippen LogP contribution >= 0.6 is 0 Å². The van der Waals surface area contributed by atoms with Gasteiger partial charge >= 0.3 is 0 Å². The van der Waals surface area contributed by atoms with Crippen LogP contribution in [-0.4, -0.2) is 26.5 Å². The number of H-pyrrole nitrogens is 1. The third-order valence-electron chi connectivity index (χ3n) is 4.66. The molecule has 3 aromatic rings. The number of hydrogen-bond donors (Lipinski definition) is 3. The van der Waals surface area contributed by atoms with Crippen LogP contribution in [0.15, 0.2) is 67.1 Å². The standard InChI is InChI=1S/C23H27N3O2/c1-22(2,3)26-21(27)17-9-11-19(12-10-17)23(28,18-7-5-4-6-8-18)14-13-20-15-24-16-25-20/h4-12,15-16,28H,13-14H2,1-3H3,(H,24,25)(H,26,27). The normalized spacial score (nSPS) is 13.7. The summed E-state index contributed by atoms with van der Waals surface area (Å²) in [7, 11) is 0. The van der Waals surface area contributed by atoms with E-state index >= 15 is 0 Å². The van der Waals surface area contributed by atoms with E-state index in [1.807, 2.05) is 69.4 Å². The lowest BCUT2D eigenvalue weighted by atomic mass is 9.82. The van der Waals surface area contributed by atoms with E-state index in [1.54, 1.807) is 18.5 Å². The molecule has 5 nitrogen and oxygen atoms in total. The summed E-state index contributed by atoms with van der Waals surface area (Å²) in [5.41, 5.74) is 1.57. The molecule has 28 heavy (non-hydrogen) atoms. The quantitative estimate of drug-likeness (QED) is 0.611. The molecule has 1 amide bonds. The Hall–Kier alpha value is -2.92. The van der Waals surface area contributed by atoms with Gasteiger partial charge in [0.25, 0.3) is 5.91 Å². The first-order chi connectivity index (χ1) is 13.3. The van der Waals surface area contributed by atoms with Crippen LogP contribution in [-0.2, 0) is 12.0 Å². The Balaban J connectivity index is 1.88. The lowest BCUT2D eigenvalue weighted by molar-refractivity contribution is 0.0709. The van der Waals surface area contributed by atoms with Crippen molar-refractivity contribution < 1.29 is 9.90 Å². The predicted molar refractivity (Wildman–Crippen MR) is 110 cm³/mol. The monoisotopic (exact) mass is 377 g/mol. The van der Waals surface area contributed by atoms with E-state index in [-0.39, 0.29) is 11.4 Å². The summed E-state index contributed by atoms with van der Waals surface area (Å²) in [6.07, 6.45) is 4.58. The highest BCUT2D eigenvalue weighted by molar-refractivity contribution is 5.94. The first-order valence-electron chi connectivity index (χ1n) is 9.46. The van der Waals surface area contributed by atoms with Crippen molar-refractivity contribution in [1.29, 1.82) is 0 Å². The minimum atomic E-state index is -1.17. The van der Waals surface area contributed by atoms with Crippen molar-refractivity contribution in [2.75, 3.05) is 0 Å². The van der Waals surface area contributed by atoms with E-state index in [2.05, 4.69) is 15.3 Å². The van der Waals surface area contributed by atoms with Gasteiger partial charge in [0.1, 0.15) is 5.60 Å². The van der Waals surface area contributed by atoms with E-state index in [0.717, 1.165) is 16.8 Å². The van der Waals surface area contributed by atoms with Crippen LogP contribution in [0.25, 0.3) is 0 Å². The lowest BCUT2D eigenvalue weighted by Gasteiger charge is -2.29. The molecule has 2 aromatic carbocycles. The second-order valence-electron chi connectivity index (χ2n) is 8.07. The summed E-state index contributed by atoms with van der Waals surface area (Å²) in [5, 5.41) is 14.6. The average Bonchev–Trinajstić information content (AvgIpc) is 3.19. The van der Waals surface area contributed by atoms with Gasteiger partial charge in [-0.1, -0.05) is 42.5 Å². The fourth-order valence-electron chi connectivity index (χ4n) is 3.22. The summed E-state index contributed by atoms with van der Waals surface area (Å²) >= 11 is 0. The van der Waals surface area contributed by atoms with E-state index in [4.69, 9.17) is 0 Å². The van der Waals surface area contributed by atoms with E-state index in [1.165, 1.54) is 0 Å². The molecule has 0 saturated carbocycles. The molecule has 0 saturated heterocycles. The zero-order chi connectivity index (χ0) is 20.2. The largest absolute Gasteiger partial charge is 0.380 e. The fourth-order valence-corrected chi connectivity index (χ4v) is 3.22. The molecule has 0 aliphatic rings. The topological polar surface area (TPSA) is 78.0 Å². The number of nitrogens with zero attached hydrogens (tertiary/aromatic N) is 1. The number of nitrogens with one attached hydrogen (secondary N) is 2. The second kappa shape index (κ2) is 7.98. The van der Waals surface area contributed by atoms with Gasteiger partial charge in [-0.3, -0.25) is 4.79 Å². The van der Waals surface area contributed by atoms with Gasteiger partial charge in [-0.05, 0) is 56.9 Å². The third-order valence-corrected chi connectivity index (χ3v) is 4.66. The van der Waals surface area contributed by atoms with Crippen molar-refractivity contribution in [2.45, 2.75) is 44.8 Å². The summed E-state index contributed by atoms with van der Waals surface area (Å²) in [4.78, 5) is 19.6. The Morgan fingerprint density at radius 1 is 1.04 bits per heavy atom. The highest BCUT2D eigenvalue weighted by Gasteiger charge is 2.31. The molecule has 0 fully saturated rings. The van der Waals surface area contributed by atoms with Crippen LogP contribution in [0.4, 0.5) is 0 Å². The maximum atomic E-state index is 12.4. The molecule has 5 heteroatoms.